The molecule has 1 aromatic carbocycles. The summed E-state index contributed by atoms with van der Waals surface area (Å²) in [6.45, 7) is 1.15. The van der Waals surface area contributed by atoms with Crippen molar-refractivity contribution in [1.29, 1.82) is 0 Å². The zero-order chi connectivity index (χ0) is 14.0. The third-order valence-corrected chi connectivity index (χ3v) is 2.82. The number of ether oxygens (including phenoxy) is 1. The molecule has 1 aliphatic heterocycles. The number of anilines is 1. The molecule has 1 heterocycles. The molecule has 1 amide bonds. The quantitative estimate of drug-likeness (QED) is 0.825. The number of carboxylic acids is 1. The number of benzene rings is 1. The Morgan fingerprint density at radius 3 is 2.79 bits per heavy atom. The van der Waals surface area contributed by atoms with E-state index in [1.54, 1.807) is 12.1 Å². The van der Waals surface area contributed by atoms with Crippen molar-refractivity contribution < 1.29 is 24.2 Å². The summed E-state index contributed by atoms with van der Waals surface area (Å²) < 4.78 is 5.40. The van der Waals surface area contributed by atoms with E-state index in [0.29, 0.717) is 17.0 Å². The number of nitrogens with zero attached hydrogens (tertiary/aromatic N) is 1. The Balaban J connectivity index is 2.49. The van der Waals surface area contributed by atoms with Crippen molar-refractivity contribution in [3.8, 4) is 5.75 Å². The van der Waals surface area contributed by atoms with Crippen LogP contribution in [0.25, 0.3) is 0 Å². The highest BCUT2D eigenvalue weighted by molar-refractivity contribution is 6.02. The van der Waals surface area contributed by atoms with Crippen LogP contribution >= 0.6 is 0 Å². The van der Waals surface area contributed by atoms with Crippen LogP contribution in [0.4, 0.5) is 5.69 Å². The van der Waals surface area contributed by atoms with E-state index in [4.69, 9.17) is 9.84 Å². The highest BCUT2D eigenvalue weighted by Gasteiger charge is 2.25. The van der Waals surface area contributed by atoms with Gasteiger partial charge in [0.2, 0.25) is 5.91 Å². The predicted octanol–water partition coefficient (Wildman–Crippen LogP) is 1.09. The normalized spacial score (nSPS) is 14.4. The lowest BCUT2D eigenvalue weighted by Crippen LogP contribution is -2.35. The Morgan fingerprint density at radius 1 is 1.42 bits per heavy atom. The molecule has 0 atom stereocenters. The molecule has 6 heteroatoms. The lowest BCUT2D eigenvalue weighted by Gasteiger charge is -2.20. The van der Waals surface area contributed by atoms with Crippen molar-refractivity contribution >= 4 is 23.3 Å². The molecule has 0 unspecified atom stereocenters. The van der Waals surface area contributed by atoms with Gasteiger partial charge in [0.25, 0.3) is 0 Å². The summed E-state index contributed by atoms with van der Waals surface area (Å²) in [5.74, 6) is -1.19. The summed E-state index contributed by atoms with van der Waals surface area (Å²) in [6.07, 6.45) is 0.108. The fourth-order valence-corrected chi connectivity index (χ4v) is 1.90. The average molecular weight is 263 g/mol. The number of carboxylic acid groups (broad SMARTS) is 1. The van der Waals surface area contributed by atoms with E-state index in [0.717, 1.165) is 4.90 Å². The van der Waals surface area contributed by atoms with Crippen molar-refractivity contribution in [2.24, 2.45) is 0 Å². The number of carbonyl (C=O) groups excluding carboxylic acids is 2. The van der Waals surface area contributed by atoms with Gasteiger partial charge in [-0.2, -0.15) is 0 Å². The highest BCUT2D eigenvalue weighted by atomic mass is 16.5. The van der Waals surface area contributed by atoms with Crippen LogP contribution in [0.2, 0.25) is 0 Å². The number of fused-ring (bicyclic) bond motifs is 1. The van der Waals surface area contributed by atoms with Crippen LogP contribution in [-0.4, -0.2) is 35.9 Å². The van der Waals surface area contributed by atoms with Crippen LogP contribution in [-0.2, 0) is 9.59 Å². The Kier molecular flexibility index (Phi) is 3.50. The molecule has 0 saturated carbocycles. The average Bonchev–Trinajstić information content (AvgIpc) is 2.49. The van der Waals surface area contributed by atoms with Crippen LogP contribution in [0, 0.1) is 0 Å². The second-order valence-corrected chi connectivity index (χ2v) is 4.21. The number of Topliss-reactive ketones (excluding diaryl/α,β-unsaturated/α-hetero) is 1. The molecule has 0 aromatic heterocycles. The van der Waals surface area contributed by atoms with Gasteiger partial charge < -0.3 is 9.84 Å². The molecular weight excluding hydrogens is 250 g/mol. The molecule has 0 aliphatic carbocycles. The summed E-state index contributed by atoms with van der Waals surface area (Å²) in [6, 6.07) is 4.67. The Morgan fingerprint density at radius 2 is 2.16 bits per heavy atom. The van der Waals surface area contributed by atoms with E-state index < -0.39 is 12.5 Å². The second-order valence-electron chi connectivity index (χ2n) is 4.21. The van der Waals surface area contributed by atoms with Gasteiger partial charge in [0, 0.05) is 5.56 Å². The summed E-state index contributed by atoms with van der Waals surface area (Å²) in [7, 11) is 0. The van der Waals surface area contributed by atoms with Crippen molar-refractivity contribution in [3.63, 3.8) is 0 Å². The van der Waals surface area contributed by atoms with Crippen molar-refractivity contribution in [1.82, 2.24) is 0 Å². The summed E-state index contributed by atoms with van der Waals surface area (Å²) in [5.41, 5.74) is 0.741. The molecule has 0 fully saturated rings. The van der Waals surface area contributed by atoms with Gasteiger partial charge in [-0.1, -0.05) is 0 Å². The van der Waals surface area contributed by atoms with E-state index in [1.807, 2.05) is 0 Å². The van der Waals surface area contributed by atoms with Gasteiger partial charge in [-0.25, -0.2) is 0 Å². The fraction of sp³-hybridized carbons (Fsp3) is 0.308. The summed E-state index contributed by atoms with van der Waals surface area (Å²) >= 11 is 0. The molecular formula is C13H13NO5. The number of amides is 1. The lowest BCUT2D eigenvalue weighted by atomic mass is 10.1. The molecule has 1 aromatic rings. The third-order valence-electron chi connectivity index (χ3n) is 2.82. The van der Waals surface area contributed by atoms with Gasteiger partial charge >= 0.3 is 5.97 Å². The lowest BCUT2D eigenvalue weighted by molar-refractivity contribution is -0.136. The summed E-state index contributed by atoms with van der Waals surface area (Å²) in [5, 5.41) is 8.88. The maximum Gasteiger partial charge on any atom is 0.323 e. The summed E-state index contributed by atoms with van der Waals surface area (Å²) in [4.78, 5) is 35.2. The van der Waals surface area contributed by atoms with Crippen LogP contribution in [0.1, 0.15) is 23.7 Å². The van der Waals surface area contributed by atoms with Crippen LogP contribution in [0.5, 0.6) is 5.75 Å². The van der Waals surface area contributed by atoms with Gasteiger partial charge in [-0.15, -0.1) is 0 Å². The number of hydrogen-bond donors (Lipinski definition) is 1. The van der Waals surface area contributed by atoms with Crippen LogP contribution in [0.15, 0.2) is 18.2 Å². The molecule has 0 spiro atoms. The van der Waals surface area contributed by atoms with Crippen molar-refractivity contribution in [3.05, 3.63) is 23.8 Å². The van der Waals surface area contributed by atoms with E-state index in [2.05, 4.69) is 0 Å². The number of hydrogen-bond acceptors (Lipinski definition) is 4. The zero-order valence-electron chi connectivity index (χ0n) is 10.4. The standard InChI is InChI=1S/C13H13NO5/c1-8(15)9-2-3-11-10(6-9)14(7-13(17)18)12(16)4-5-19-11/h2-3,6H,4-5,7H2,1H3,(H,17,18). The van der Waals surface area contributed by atoms with E-state index in [9.17, 15) is 14.4 Å². The minimum atomic E-state index is -1.12. The number of carbonyl (C=O) groups is 3. The Bertz CT molecular complexity index is 552. The zero-order valence-corrected chi connectivity index (χ0v) is 10.4. The van der Waals surface area contributed by atoms with Gasteiger partial charge in [-0.3, -0.25) is 19.3 Å². The molecule has 0 bridgehead atoms. The topological polar surface area (TPSA) is 83.9 Å². The van der Waals surface area contributed by atoms with Gasteiger partial charge in [0.15, 0.2) is 5.78 Å². The number of aliphatic carboxylic acids is 1. The fourth-order valence-electron chi connectivity index (χ4n) is 1.90. The smallest absolute Gasteiger partial charge is 0.323 e. The molecule has 19 heavy (non-hydrogen) atoms. The van der Waals surface area contributed by atoms with Crippen LogP contribution in [0.3, 0.4) is 0 Å². The minimum Gasteiger partial charge on any atom is -0.491 e. The second kappa shape index (κ2) is 5.09. The van der Waals surface area contributed by atoms with Gasteiger partial charge in [0.05, 0.1) is 18.7 Å². The largest absolute Gasteiger partial charge is 0.491 e. The first-order valence-electron chi connectivity index (χ1n) is 5.79. The van der Waals surface area contributed by atoms with E-state index in [1.165, 1.54) is 13.0 Å². The third kappa shape index (κ3) is 2.73. The monoisotopic (exact) mass is 263 g/mol. The molecule has 1 N–H and O–H groups in total. The first-order valence-corrected chi connectivity index (χ1v) is 5.79. The first kappa shape index (κ1) is 13.1. The Labute approximate surface area is 109 Å². The predicted molar refractivity (Wildman–Crippen MR) is 66.5 cm³/mol. The van der Waals surface area contributed by atoms with E-state index >= 15 is 0 Å². The van der Waals surface area contributed by atoms with E-state index in [-0.39, 0.29) is 24.7 Å². The molecule has 6 nitrogen and oxygen atoms in total. The van der Waals surface area contributed by atoms with Crippen LogP contribution < -0.4 is 9.64 Å². The molecule has 0 radical (unpaired) electrons. The van der Waals surface area contributed by atoms with Crippen molar-refractivity contribution in [2.45, 2.75) is 13.3 Å². The number of ketones is 1. The SMILES string of the molecule is CC(=O)c1ccc2c(c1)N(CC(=O)O)C(=O)CCO2. The maximum absolute atomic E-state index is 11.9. The molecule has 2 rings (SSSR count). The molecule has 1 aliphatic rings. The minimum absolute atomic E-state index is 0.108. The molecule has 0 saturated heterocycles. The Hall–Kier alpha value is -2.37. The molecule has 100 valence electrons. The van der Waals surface area contributed by atoms with Gasteiger partial charge in [0.1, 0.15) is 12.3 Å². The first-order chi connectivity index (χ1) is 8.99. The number of rotatable bonds is 3. The van der Waals surface area contributed by atoms with Crippen molar-refractivity contribution in [2.75, 3.05) is 18.1 Å². The maximum atomic E-state index is 11.9. The van der Waals surface area contributed by atoms with Gasteiger partial charge in [-0.05, 0) is 25.1 Å². The highest BCUT2D eigenvalue weighted by Crippen LogP contribution is 2.32.